The molecule has 0 radical (unpaired) electrons. The van der Waals surface area contributed by atoms with E-state index >= 15 is 0 Å². The average molecular weight is 339 g/mol. The molecule has 0 spiro atoms. The molecule has 6 heteroatoms. The van der Waals surface area contributed by atoms with Crippen molar-refractivity contribution in [2.24, 2.45) is 0 Å². The van der Waals surface area contributed by atoms with Crippen molar-refractivity contribution in [3.05, 3.63) is 59.4 Å². The highest BCUT2D eigenvalue weighted by molar-refractivity contribution is 7.92. The lowest BCUT2D eigenvalue weighted by molar-refractivity contribution is 0.587. The second-order valence-electron chi connectivity index (χ2n) is 5.02. The predicted molar refractivity (Wildman–Crippen MR) is 90.6 cm³/mol. The van der Waals surface area contributed by atoms with Crippen LogP contribution in [0.1, 0.15) is 25.3 Å². The van der Waals surface area contributed by atoms with Gasteiger partial charge in [0.1, 0.15) is 0 Å². The SMILES string of the molecule is CCCCS(=O)(=O)N(Cc1cccnc1)c1cccc(Cl)c1. The van der Waals surface area contributed by atoms with Gasteiger partial charge in [0.05, 0.1) is 18.0 Å². The van der Waals surface area contributed by atoms with Crippen LogP contribution in [0.15, 0.2) is 48.8 Å². The second-order valence-corrected chi connectivity index (χ2v) is 7.47. The summed E-state index contributed by atoms with van der Waals surface area (Å²) in [5.74, 6) is 0.121. The number of rotatable bonds is 7. The highest BCUT2D eigenvalue weighted by Crippen LogP contribution is 2.25. The molecule has 1 heterocycles. The van der Waals surface area contributed by atoms with Crippen LogP contribution in [-0.2, 0) is 16.6 Å². The van der Waals surface area contributed by atoms with Crippen LogP contribution in [0.5, 0.6) is 0 Å². The van der Waals surface area contributed by atoms with Crippen LogP contribution in [0.4, 0.5) is 5.69 Å². The smallest absolute Gasteiger partial charge is 0.235 e. The van der Waals surface area contributed by atoms with Gasteiger partial charge < -0.3 is 0 Å². The number of hydrogen-bond donors (Lipinski definition) is 0. The maximum atomic E-state index is 12.7. The molecule has 0 aliphatic carbocycles. The molecule has 2 aromatic rings. The van der Waals surface area contributed by atoms with E-state index < -0.39 is 10.0 Å². The first-order valence-electron chi connectivity index (χ1n) is 7.18. The van der Waals surface area contributed by atoms with Crippen LogP contribution in [-0.4, -0.2) is 19.2 Å². The van der Waals surface area contributed by atoms with Crippen LogP contribution in [0, 0.1) is 0 Å². The molecule has 4 nitrogen and oxygen atoms in total. The zero-order valence-electron chi connectivity index (χ0n) is 12.4. The Bertz CT molecular complexity index is 705. The molecule has 2 rings (SSSR count). The van der Waals surface area contributed by atoms with Crippen molar-refractivity contribution in [2.75, 3.05) is 10.1 Å². The van der Waals surface area contributed by atoms with E-state index in [0.717, 1.165) is 12.0 Å². The summed E-state index contributed by atoms with van der Waals surface area (Å²) in [5, 5.41) is 0.513. The molecule has 118 valence electrons. The van der Waals surface area contributed by atoms with Crippen LogP contribution in [0.25, 0.3) is 0 Å². The number of aromatic nitrogens is 1. The lowest BCUT2D eigenvalue weighted by atomic mass is 10.2. The zero-order valence-corrected chi connectivity index (χ0v) is 14.0. The van der Waals surface area contributed by atoms with Crippen molar-refractivity contribution in [2.45, 2.75) is 26.3 Å². The van der Waals surface area contributed by atoms with E-state index in [1.165, 1.54) is 4.31 Å². The summed E-state index contributed by atoms with van der Waals surface area (Å²) in [4.78, 5) is 4.05. The van der Waals surface area contributed by atoms with Crippen molar-refractivity contribution in [3.63, 3.8) is 0 Å². The molecule has 1 aromatic heterocycles. The van der Waals surface area contributed by atoms with E-state index in [1.54, 1.807) is 42.7 Å². The van der Waals surface area contributed by atoms with Gasteiger partial charge >= 0.3 is 0 Å². The largest absolute Gasteiger partial charge is 0.266 e. The van der Waals surface area contributed by atoms with Gasteiger partial charge in [-0.25, -0.2) is 8.42 Å². The third-order valence-electron chi connectivity index (χ3n) is 3.24. The van der Waals surface area contributed by atoms with Gasteiger partial charge in [-0.3, -0.25) is 9.29 Å². The maximum absolute atomic E-state index is 12.7. The summed E-state index contributed by atoms with van der Waals surface area (Å²) in [7, 11) is -3.41. The fourth-order valence-corrected chi connectivity index (χ4v) is 3.91. The fraction of sp³-hybridized carbons (Fsp3) is 0.312. The minimum absolute atomic E-state index is 0.121. The normalized spacial score (nSPS) is 11.4. The van der Waals surface area contributed by atoms with E-state index in [-0.39, 0.29) is 12.3 Å². The molecular weight excluding hydrogens is 320 g/mol. The number of nitrogens with zero attached hydrogens (tertiary/aromatic N) is 2. The number of halogens is 1. The van der Waals surface area contributed by atoms with Gasteiger partial charge in [0.2, 0.25) is 10.0 Å². The average Bonchev–Trinajstić information content (AvgIpc) is 2.51. The maximum Gasteiger partial charge on any atom is 0.235 e. The van der Waals surface area contributed by atoms with Crippen LogP contribution < -0.4 is 4.31 Å². The lowest BCUT2D eigenvalue weighted by Gasteiger charge is -2.24. The third-order valence-corrected chi connectivity index (χ3v) is 5.29. The highest BCUT2D eigenvalue weighted by atomic mass is 35.5. The second kappa shape index (κ2) is 7.61. The van der Waals surface area contributed by atoms with Gasteiger partial charge in [-0.1, -0.05) is 37.1 Å². The molecule has 0 bridgehead atoms. The van der Waals surface area contributed by atoms with Gasteiger partial charge in [0.25, 0.3) is 0 Å². The number of unbranched alkanes of at least 4 members (excludes halogenated alkanes) is 1. The number of anilines is 1. The quantitative estimate of drug-likeness (QED) is 0.770. The van der Waals surface area contributed by atoms with Gasteiger partial charge in [0, 0.05) is 17.4 Å². The Balaban J connectivity index is 2.36. The summed E-state index contributed by atoms with van der Waals surface area (Å²) in [5.41, 5.74) is 1.41. The van der Waals surface area contributed by atoms with Gasteiger partial charge in [-0.2, -0.15) is 0 Å². The molecule has 1 aromatic carbocycles. The van der Waals surface area contributed by atoms with Crippen molar-refractivity contribution in [3.8, 4) is 0 Å². The Labute approximate surface area is 136 Å². The number of sulfonamides is 1. The van der Waals surface area contributed by atoms with E-state index in [4.69, 9.17) is 11.6 Å². The minimum Gasteiger partial charge on any atom is -0.266 e. The Morgan fingerprint density at radius 2 is 2.05 bits per heavy atom. The molecular formula is C16H19ClN2O2S. The summed E-state index contributed by atoms with van der Waals surface area (Å²) < 4.78 is 26.7. The minimum atomic E-state index is -3.41. The van der Waals surface area contributed by atoms with Crippen LogP contribution in [0.3, 0.4) is 0 Å². The zero-order chi connectivity index (χ0) is 16.0. The molecule has 0 saturated carbocycles. The molecule has 0 amide bonds. The molecule has 0 saturated heterocycles. The summed E-state index contributed by atoms with van der Waals surface area (Å²) in [6.07, 6.45) is 4.80. The summed E-state index contributed by atoms with van der Waals surface area (Å²) in [6.45, 7) is 2.22. The fourth-order valence-electron chi connectivity index (χ4n) is 2.08. The first kappa shape index (κ1) is 16.8. The standard InChI is InChI=1S/C16H19ClN2O2S/c1-2-3-10-22(20,21)19(13-14-6-5-9-18-12-14)16-8-4-7-15(17)11-16/h4-9,11-12H,2-3,10,13H2,1H3. The molecule has 0 aliphatic rings. The molecule has 0 N–H and O–H groups in total. The predicted octanol–water partition coefficient (Wildman–Crippen LogP) is 3.87. The highest BCUT2D eigenvalue weighted by Gasteiger charge is 2.22. The molecule has 22 heavy (non-hydrogen) atoms. The molecule has 0 unspecified atom stereocenters. The van der Waals surface area contributed by atoms with Crippen molar-refractivity contribution >= 4 is 27.3 Å². The first-order chi connectivity index (χ1) is 10.5. The number of benzene rings is 1. The molecule has 0 fully saturated rings. The van der Waals surface area contributed by atoms with Crippen molar-refractivity contribution in [1.82, 2.24) is 4.98 Å². The van der Waals surface area contributed by atoms with Crippen LogP contribution >= 0.6 is 11.6 Å². The van der Waals surface area contributed by atoms with Gasteiger partial charge in [-0.05, 0) is 36.2 Å². The van der Waals surface area contributed by atoms with E-state index in [0.29, 0.717) is 17.1 Å². The number of pyridine rings is 1. The molecule has 0 aliphatic heterocycles. The monoisotopic (exact) mass is 338 g/mol. The van der Waals surface area contributed by atoms with Crippen molar-refractivity contribution in [1.29, 1.82) is 0 Å². The van der Waals surface area contributed by atoms with E-state index in [9.17, 15) is 8.42 Å². The summed E-state index contributed by atoms with van der Waals surface area (Å²) in [6, 6.07) is 10.6. The van der Waals surface area contributed by atoms with Crippen molar-refractivity contribution < 1.29 is 8.42 Å². The van der Waals surface area contributed by atoms with E-state index in [1.807, 2.05) is 13.0 Å². The lowest BCUT2D eigenvalue weighted by Crippen LogP contribution is -2.32. The third kappa shape index (κ3) is 4.45. The molecule has 0 atom stereocenters. The Morgan fingerprint density at radius 1 is 1.23 bits per heavy atom. The Morgan fingerprint density at radius 3 is 2.68 bits per heavy atom. The topological polar surface area (TPSA) is 50.3 Å². The van der Waals surface area contributed by atoms with Crippen LogP contribution in [0.2, 0.25) is 5.02 Å². The Hall–Kier alpha value is -1.59. The Kier molecular flexibility index (Phi) is 5.80. The number of hydrogen-bond acceptors (Lipinski definition) is 3. The summed E-state index contributed by atoms with van der Waals surface area (Å²) >= 11 is 6.01. The van der Waals surface area contributed by atoms with Gasteiger partial charge in [0.15, 0.2) is 0 Å². The first-order valence-corrected chi connectivity index (χ1v) is 9.16. The van der Waals surface area contributed by atoms with Gasteiger partial charge in [-0.15, -0.1) is 0 Å². The van der Waals surface area contributed by atoms with E-state index in [2.05, 4.69) is 4.98 Å².